The molecule has 0 saturated carbocycles. The van der Waals surface area contributed by atoms with E-state index in [-0.39, 0.29) is 0 Å². The minimum absolute atomic E-state index is 0.361. The van der Waals surface area contributed by atoms with E-state index in [1.165, 1.54) is 22.3 Å². The van der Waals surface area contributed by atoms with Gasteiger partial charge in [-0.15, -0.1) is 0 Å². The summed E-state index contributed by atoms with van der Waals surface area (Å²) in [6.07, 6.45) is 9.23. The summed E-state index contributed by atoms with van der Waals surface area (Å²) in [4.78, 5) is 0. The van der Waals surface area contributed by atoms with Crippen molar-refractivity contribution in [2.24, 2.45) is 0 Å². The molecule has 4 rings (SSSR count). The van der Waals surface area contributed by atoms with Crippen LogP contribution < -0.4 is 0 Å². The Hall–Kier alpha value is -1.04. The normalized spacial score (nSPS) is 22.1. The van der Waals surface area contributed by atoms with Crippen molar-refractivity contribution >= 4 is 24.4 Å². The fraction of sp³-hybridized carbons (Fsp3) is 0.190. The van der Waals surface area contributed by atoms with Gasteiger partial charge in [-0.05, 0) is 0 Å². The van der Waals surface area contributed by atoms with E-state index in [1.54, 1.807) is 0 Å². The standard InChI is InChI=1S/2C9H7.C2H4.CH3.ClH.Zr/c2*1-2-5-9-7-3-6-8(9)4-1;1-2;;;/h2*1-7H;1H,2H3;1H3;1H;/q;;;;;+1/p-1. The van der Waals surface area contributed by atoms with Crippen molar-refractivity contribution in [3.8, 4) is 0 Å². The Morgan fingerprint density at radius 3 is 1.70 bits per heavy atom. The van der Waals surface area contributed by atoms with E-state index in [0.717, 1.165) is 0 Å². The summed E-state index contributed by atoms with van der Waals surface area (Å²) in [5, 5.41) is 0. The molecule has 0 heterocycles. The Kier molecular flexibility index (Phi) is 3.52. The molecule has 2 unspecified atom stereocenters. The van der Waals surface area contributed by atoms with Crippen LogP contribution in [0.5, 0.6) is 0 Å². The van der Waals surface area contributed by atoms with Crippen LogP contribution in [0.1, 0.15) is 36.4 Å². The van der Waals surface area contributed by atoms with Crippen molar-refractivity contribution < 1.29 is 17.1 Å². The van der Waals surface area contributed by atoms with Crippen LogP contribution in [0.2, 0.25) is 4.63 Å². The average molecular weight is 400 g/mol. The maximum absolute atomic E-state index is 7.70. The van der Waals surface area contributed by atoms with Crippen LogP contribution in [-0.4, -0.2) is 3.71 Å². The number of hydrogen-bond acceptors (Lipinski definition) is 0. The molecule has 23 heavy (non-hydrogen) atoms. The van der Waals surface area contributed by atoms with Crippen LogP contribution in [0.25, 0.3) is 12.2 Å². The topological polar surface area (TPSA) is 0 Å². The molecule has 2 aromatic carbocycles. The third-order valence-electron chi connectivity index (χ3n) is 5.91. The van der Waals surface area contributed by atoms with Crippen LogP contribution in [0.4, 0.5) is 0 Å². The first-order valence-electron chi connectivity index (χ1n) is 8.28. The monoisotopic (exact) mass is 398 g/mol. The molecule has 0 aromatic heterocycles. The predicted molar refractivity (Wildman–Crippen MR) is 99.9 cm³/mol. The van der Waals surface area contributed by atoms with Gasteiger partial charge in [0.15, 0.2) is 0 Å². The van der Waals surface area contributed by atoms with E-state index in [0.29, 0.717) is 7.25 Å². The molecule has 2 atom stereocenters. The van der Waals surface area contributed by atoms with E-state index in [4.69, 9.17) is 8.51 Å². The molecule has 2 aliphatic rings. The maximum atomic E-state index is 7.70. The summed E-state index contributed by atoms with van der Waals surface area (Å²) in [6.45, 7) is 2.18. The van der Waals surface area contributed by atoms with Gasteiger partial charge in [-0.25, -0.2) is 0 Å². The fourth-order valence-corrected chi connectivity index (χ4v) is 17.3. The van der Waals surface area contributed by atoms with Gasteiger partial charge in [-0.1, -0.05) is 0 Å². The van der Waals surface area contributed by atoms with E-state index >= 15 is 0 Å². The molecule has 0 fully saturated rings. The van der Waals surface area contributed by atoms with E-state index in [2.05, 4.69) is 88.1 Å². The molecule has 116 valence electrons. The second kappa shape index (κ2) is 5.23. The summed E-state index contributed by atoms with van der Waals surface area (Å²) >= 11 is -3.76. The SMILES string of the molecule is C[CH]=[Zr]([CH3])([Cl])([CH]1C=Cc2ccccc21)[CH]1C=Cc2ccccc21. The molecule has 2 aliphatic carbocycles. The minimum atomic E-state index is -3.76. The Morgan fingerprint density at radius 2 is 1.26 bits per heavy atom. The van der Waals surface area contributed by atoms with Gasteiger partial charge in [0.05, 0.1) is 0 Å². The molecule has 2 aromatic rings. The molecule has 0 saturated heterocycles. The second-order valence-electron chi connectivity index (χ2n) is 7.10. The van der Waals surface area contributed by atoms with E-state index in [1.807, 2.05) is 0 Å². The number of fused-ring (bicyclic) bond motifs is 2. The zero-order valence-corrected chi connectivity index (χ0v) is 16.8. The summed E-state index contributed by atoms with van der Waals surface area (Å²) < 4.78 is 5.52. The van der Waals surface area contributed by atoms with Crippen molar-refractivity contribution in [2.75, 3.05) is 0 Å². The zero-order valence-electron chi connectivity index (χ0n) is 13.5. The quantitative estimate of drug-likeness (QED) is 0.560. The summed E-state index contributed by atoms with van der Waals surface area (Å²) in [6, 6.07) is 17.4. The molecule has 0 amide bonds. The van der Waals surface area contributed by atoms with Crippen molar-refractivity contribution in [3.63, 3.8) is 0 Å². The average Bonchev–Trinajstić information content (AvgIpc) is 3.20. The second-order valence-corrected chi connectivity index (χ2v) is 26.9. The molecule has 0 nitrogen and oxygen atoms in total. The van der Waals surface area contributed by atoms with Gasteiger partial charge >= 0.3 is 143 Å². The fourth-order valence-electron chi connectivity index (χ4n) is 4.33. The van der Waals surface area contributed by atoms with Gasteiger partial charge in [0, 0.05) is 0 Å². The van der Waals surface area contributed by atoms with Crippen LogP contribution in [-0.2, 0) is 17.1 Å². The number of halogens is 1. The Labute approximate surface area is 142 Å². The van der Waals surface area contributed by atoms with Gasteiger partial charge in [-0.2, -0.15) is 0 Å². The van der Waals surface area contributed by atoms with Crippen molar-refractivity contribution in [1.29, 1.82) is 0 Å². The summed E-state index contributed by atoms with van der Waals surface area (Å²) in [7, 11) is 7.70. The van der Waals surface area contributed by atoms with Gasteiger partial charge in [-0.3, -0.25) is 0 Å². The molecule has 0 bridgehead atoms. The summed E-state index contributed by atoms with van der Waals surface area (Å²) in [5.74, 6) is 0. The van der Waals surface area contributed by atoms with Crippen LogP contribution in [0.15, 0.2) is 60.7 Å². The Bertz CT molecular complexity index is 843. The summed E-state index contributed by atoms with van der Waals surface area (Å²) in [5.41, 5.74) is 5.48. The molecular weight excluding hydrogens is 379 g/mol. The van der Waals surface area contributed by atoms with E-state index in [9.17, 15) is 0 Å². The van der Waals surface area contributed by atoms with Crippen molar-refractivity contribution in [2.45, 2.75) is 18.8 Å². The number of benzene rings is 2. The zero-order chi connectivity index (χ0) is 16.1. The van der Waals surface area contributed by atoms with Crippen LogP contribution >= 0.6 is 8.51 Å². The van der Waals surface area contributed by atoms with Crippen LogP contribution in [0, 0.1) is 0 Å². The Balaban J connectivity index is 1.92. The number of allylic oxidation sites excluding steroid dienone is 2. The van der Waals surface area contributed by atoms with Gasteiger partial charge in [0.1, 0.15) is 0 Å². The van der Waals surface area contributed by atoms with Gasteiger partial charge < -0.3 is 0 Å². The number of hydrogen-bond donors (Lipinski definition) is 0. The van der Waals surface area contributed by atoms with Crippen molar-refractivity contribution in [3.05, 3.63) is 82.9 Å². The first-order valence-corrected chi connectivity index (χ1v) is 18.2. The third-order valence-corrected chi connectivity index (χ3v) is 23.8. The van der Waals surface area contributed by atoms with Crippen molar-refractivity contribution in [1.82, 2.24) is 0 Å². The van der Waals surface area contributed by atoms with Gasteiger partial charge in [0.25, 0.3) is 0 Å². The predicted octanol–water partition coefficient (Wildman–Crippen LogP) is 6.24. The van der Waals surface area contributed by atoms with Gasteiger partial charge in [0.2, 0.25) is 0 Å². The molecule has 0 spiro atoms. The number of rotatable bonds is 2. The molecule has 0 radical (unpaired) electrons. The Morgan fingerprint density at radius 1 is 0.826 bits per heavy atom. The first kappa shape index (κ1) is 15.5. The molecule has 0 N–H and O–H groups in total. The molecule has 0 aliphatic heterocycles. The third kappa shape index (κ3) is 2.17. The van der Waals surface area contributed by atoms with Crippen LogP contribution in [0.3, 0.4) is 0 Å². The van der Waals surface area contributed by atoms with E-state index < -0.39 is 17.1 Å². The first-order chi connectivity index (χ1) is 11.0. The molecular formula is C21H21ClZr. The molecule has 2 heteroatoms.